The summed E-state index contributed by atoms with van der Waals surface area (Å²) in [6.07, 6.45) is 1.75. The number of fused-ring (bicyclic) bond motifs is 1. The van der Waals surface area contributed by atoms with Gasteiger partial charge in [-0.05, 0) is 24.6 Å². The number of aldehydes is 1. The fourth-order valence-electron chi connectivity index (χ4n) is 3.15. The highest BCUT2D eigenvalue weighted by Gasteiger charge is 2.28. The molecular formula is C20H24N2O3S. The number of methoxy groups -OCH3 is 2. The lowest BCUT2D eigenvalue weighted by Gasteiger charge is -2.17. The number of ether oxygens (including phenoxy) is 2. The minimum Gasteiger partial charge on any atom is -0.497 e. The lowest BCUT2D eigenvalue weighted by Crippen LogP contribution is -2.15. The van der Waals surface area contributed by atoms with Crippen LogP contribution in [0.4, 0.5) is 0 Å². The van der Waals surface area contributed by atoms with Crippen LogP contribution in [0.1, 0.15) is 48.8 Å². The van der Waals surface area contributed by atoms with E-state index in [-0.39, 0.29) is 5.41 Å². The molecule has 0 bridgehead atoms. The second kappa shape index (κ2) is 6.76. The van der Waals surface area contributed by atoms with Crippen LogP contribution >= 0.6 is 11.3 Å². The first kappa shape index (κ1) is 18.5. The van der Waals surface area contributed by atoms with Crippen LogP contribution in [-0.4, -0.2) is 29.9 Å². The molecule has 3 aromatic rings. The van der Waals surface area contributed by atoms with Gasteiger partial charge in [0.15, 0.2) is 11.2 Å². The predicted octanol–water partition coefficient (Wildman–Crippen LogP) is 4.75. The van der Waals surface area contributed by atoms with E-state index in [2.05, 4.69) is 27.7 Å². The van der Waals surface area contributed by atoms with E-state index in [0.717, 1.165) is 51.0 Å². The molecule has 0 spiro atoms. The summed E-state index contributed by atoms with van der Waals surface area (Å²) in [5, 5.41) is 0. The smallest absolute Gasteiger partial charge is 0.195 e. The molecular weight excluding hydrogens is 348 g/mol. The maximum atomic E-state index is 12.0. The molecule has 0 aliphatic rings. The molecule has 0 saturated carbocycles. The van der Waals surface area contributed by atoms with Gasteiger partial charge in [0, 0.05) is 15.9 Å². The zero-order valence-electron chi connectivity index (χ0n) is 16.0. The fourth-order valence-corrected chi connectivity index (χ4v) is 4.23. The molecule has 5 nitrogen and oxygen atoms in total. The first-order chi connectivity index (χ1) is 12.3. The molecule has 26 heavy (non-hydrogen) atoms. The number of aryl methyl sites for hydroxylation is 1. The molecule has 0 atom stereocenters. The number of nitrogens with zero attached hydrogens (tertiary/aromatic N) is 2. The highest BCUT2D eigenvalue weighted by atomic mass is 32.1. The molecule has 0 radical (unpaired) electrons. The summed E-state index contributed by atoms with van der Waals surface area (Å²) >= 11 is 1.61. The summed E-state index contributed by atoms with van der Waals surface area (Å²) in [7, 11) is 3.29. The molecule has 2 aromatic heterocycles. The van der Waals surface area contributed by atoms with E-state index in [0.29, 0.717) is 5.69 Å². The summed E-state index contributed by atoms with van der Waals surface area (Å²) in [5.74, 6) is 1.48. The van der Waals surface area contributed by atoms with Crippen molar-refractivity contribution in [3.8, 4) is 22.8 Å². The van der Waals surface area contributed by atoms with Crippen molar-refractivity contribution in [1.82, 2.24) is 9.38 Å². The van der Waals surface area contributed by atoms with E-state index in [1.807, 2.05) is 22.6 Å². The van der Waals surface area contributed by atoms with Crippen LogP contribution in [0, 0.1) is 0 Å². The van der Waals surface area contributed by atoms with Gasteiger partial charge in [-0.15, -0.1) is 11.3 Å². The van der Waals surface area contributed by atoms with Crippen molar-refractivity contribution in [2.45, 2.75) is 39.5 Å². The molecule has 0 fully saturated rings. The largest absolute Gasteiger partial charge is 0.497 e. The number of hydrogen-bond acceptors (Lipinski definition) is 5. The van der Waals surface area contributed by atoms with Crippen LogP contribution in [0.25, 0.3) is 16.2 Å². The highest BCUT2D eigenvalue weighted by molar-refractivity contribution is 7.17. The van der Waals surface area contributed by atoms with Crippen LogP contribution in [-0.2, 0) is 11.8 Å². The number of aromatic nitrogens is 2. The Morgan fingerprint density at radius 3 is 2.50 bits per heavy atom. The first-order valence-electron chi connectivity index (χ1n) is 8.57. The van der Waals surface area contributed by atoms with Gasteiger partial charge in [-0.2, -0.15) is 0 Å². The maximum Gasteiger partial charge on any atom is 0.195 e. The lowest BCUT2D eigenvalue weighted by atomic mass is 9.91. The SMILES string of the molecule is CCc1sc2nc(C(C)(C)C)c(C=O)n2c1-c1cc(OC)ccc1OC. The molecule has 3 rings (SSSR count). The van der Waals surface area contributed by atoms with Crippen molar-refractivity contribution < 1.29 is 14.3 Å². The Morgan fingerprint density at radius 2 is 1.96 bits per heavy atom. The maximum absolute atomic E-state index is 12.0. The van der Waals surface area contributed by atoms with Crippen LogP contribution in [0.5, 0.6) is 11.5 Å². The molecule has 0 saturated heterocycles. The highest BCUT2D eigenvalue weighted by Crippen LogP contribution is 2.41. The third-order valence-electron chi connectivity index (χ3n) is 4.39. The monoisotopic (exact) mass is 372 g/mol. The summed E-state index contributed by atoms with van der Waals surface area (Å²) < 4.78 is 13.0. The van der Waals surface area contributed by atoms with Gasteiger partial charge < -0.3 is 9.47 Å². The van der Waals surface area contributed by atoms with Crippen molar-refractivity contribution >= 4 is 22.6 Å². The van der Waals surface area contributed by atoms with Gasteiger partial charge in [0.1, 0.15) is 17.2 Å². The third kappa shape index (κ3) is 2.88. The molecule has 138 valence electrons. The van der Waals surface area contributed by atoms with Gasteiger partial charge in [0.25, 0.3) is 0 Å². The van der Waals surface area contributed by atoms with Crippen molar-refractivity contribution in [2.24, 2.45) is 0 Å². The summed E-state index contributed by atoms with van der Waals surface area (Å²) in [4.78, 5) is 18.8. The van der Waals surface area contributed by atoms with Gasteiger partial charge in [0.05, 0.1) is 25.6 Å². The Balaban J connectivity index is 2.42. The molecule has 0 amide bonds. The standard InChI is InChI=1S/C20H24N2O3S/c1-7-16-17(13-10-12(24-5)8-9-15(13)25-6)22-14(11-23)18(20(2,3)4)21-19(22)26-16/h8-11H,7H2,1-6H3. The molecule has 0 N–H and O–H groups in total. The zero-order chi connectivity index (χ0) is 19.1. The molecule has 1 aromatic carbocycles. The van der Waals surface area contributed by atoms with Crippen LogP contribution in [0.15, 0.2) is 18.2 Å². The number of hydrogen-bond donors (Lipinski definition) is 0. The van der Waals surface area contributed by atoms with Gasteiger partial charge in [0.2, 0.25) is 0 Å². The molecule has 6 heteroatoms. The summed E-state index contributed by atoms with van der Waals surface area (Å²) in [6, 6.07) is 5.71. The van der Waals surface area contributed by atoms with E-state index >= 15 is 0 Å². The quantitative estimate of drug-likeness (QED) is 0.606. The van der Waals surface area contributed by atoms with E-state index in [1.54, 1.807) is 25.6 Å². The fraction of sp³-hybridized carbons (Fsp3) is 0.400. The molecule has 0 aliphatic carbocycles. The second-order valence-electron chi connectivity index (χ2n) is 7.13. The number of imidazole rings is 1. The third-order valence-corrected chi connectivity index (χ3v) is 5.57. The Bertz CT molecular complexity index is 964. The number of rotatable bonds is 5. The molecule has 2 heterocycles. The minimum atomic E-state index is -0.218. The molecule has 0 aliphatic heterocycles. The van der Waals surface area contributed by atoms with Crippen molar-refractivity contribution in [3.63, 3.8) is 0 Å². The average molecular weight is 372 g/mol. The Kier molecular flexibility index (Phi) is 4.80. The van der Waals surface area contributed by atoms with Gasteiger partial charge in [-0.3, -0.25) is 9.20 Å². The normalized spacial score (nSPS) is 11.8. The number of benzene rings is 1. The van der Waals surface area contributed by atoms with Crippen molar-refractivity contribution in [2.75, 3.05) is 14.2 Å². The summed E-state index contributed by atoms with van der Waals surface area (Å²) in [5.41, 5.74) is 3.04. The van der Waals surface area contributed by atoms with E-state index in [4.69, 9.17) is 14.5 Å². The number of carbonyl (C=O) groups is 1. The Labute approximate surface area is 157 Å². The Hall–Kier alpha value is -2.34. The number of carbonyl (C=O) groups excluding carboxylic acids is 1. The van der Waals surface area contributed by atoms with E-state index in [9.17, 15) is 4.79 Å². The van der Waals surface area contributed by atoms with Crippen LogP contribution in [0.3, 0.4) is 0 Å². The first-order valence-corrected chi connectivity index (χ1v) is 9.39. The van der Waals surface area contributed by atoms with Gasteiger partial charge >= 0.3 is 0 Å². The average Bonchev–Trinajstić information content (AvgIpc) is 3.16. The van der Waals surface area contributed by atoms with Crippen molar-refractivity contribution in [3.05, 3.63) is 34.5 Å². The zero-order valence-corrected chi connectivity index (χ0v) is 16.9. The Morgan fingerprint density at radius 1 is 1.23 bits per heavy atom. The topological polar surface area (TPSA) is 52.8 Å². The molecule has 0 unspecified atom stereocenters. The van der Waals surface area contributed by atoms with Crippen molar-refractivity contribution in [1.29, 1.82) is 0 Å². The van der Waals surface area contributed by atoms with E-state index in [1.165, 1.54) is 0 Å². The summed E-state index contributed by atoms with van der Waals surface area (Å²) in [6.45, 7) is 8.31. The number of thiazole rings is 1. The lowest BCUT2D eigenvalue weighted by molar-refractivity contribution is 0.111. The van der Waals surface area contributed by atoms with E-state index < -0.39 is 0 Å². The van der Waals surface area contributed by atoms with Crippen LogP contribution in [0.2, 0.25) is 0 Å². The van der Waals surface area contributed by atoms with Crippen LogP contribution < -0.4 is 9.47 Å². The minimum absolute atomic E-state index is 0.218. The predicted molar refractivity (Wildman–Crippen MR) is 105 cm³/mol. The van der Waals surface area contributed by atoms with Gasteiger partial charge in [-0.25, -0.2) is 4.98 Å². The van der Waals surface area contributed by atoms with Gasteiger partial charge in [-0.1, -0.05) is 27.7 Å². The second-order valence-corrected chi connectivity index (χ2v) is 8.19.